The zero-order chi connectivity index (χ0) is 20.1. The molecule has 1 atom stereocenters. The molecule has 1 unspecified atom stereocenters. The van der Waals surface area contributed by atoms with Crippen LogP contribution in [0.2, 0.25) is 5.02 Å². The third kappa shape index (κ3) is 4.51. The average molecular weight is 437 g/mol. The van der Waals surface area contributed by atoms with Gasteiger partial charge in [-0.05, 0) is 43.0 Å². The van der Waals surface area contributed by atoms with Crippen LogP contribution in [0.15, 0.2) is 35.7 Å². The van der Waals surface area contributed by atoms with Gasteiger partial charge in [0.2, 0.25) is 0 Å². The van der Waals surface area contributed by atoms with Crippen LogP contribution in [-0.2, 0) is 4.74 Å². The summed E-state index contributed by atoms with van der Waals surface area (Å²) in [5.41, 5.74) is 1.86. The smallest absolute Gasteiger partial charge is 0.186 e. The van der Waals surface area contributed by atoms with Crippen molar-refractivity contribution in [3.63, 3.8) is 0 Å². The molecule has 0 spiro atoms. The summed E-state index contributed by atoms with van der Waals surface area (Å²) in [6.45, 7) is 5.82. The minimum atomic E-state index is 0.148. The molecule has 0 aliphatic rings. The number of benzene rings is 1. The van der Waals surface area contributed by atoms with Crippen molar-refractivity contribution in [1.29, 1.82) is 0 Å². The van der Waals surface area contributed by atoms with E-state index in [0.717, 1.165) is 40.0 Å². The lowest BCUT2D eigenvalue weighted by atomic mass is 10.1. The number of aromatic nitrogens is 1. The standard InChI is InChI=1S/C21H25ClN2O2S2/c1-5-10-24(18(13-25-3)19-7-6-11-27-19)21-23-20(14(2)28-21)16-9-8-15(26-4)12-17(16)22/h6-9,11-12,18H,5,10,13H2,1-4H3. The maximum absolute atomic E-state index is 6.51. The predicted octanol–water partition coefficient (Wildman–Crippen LogP) is 6.45. The molecule has 0 N–H and O–H groups in total. The van der Waals surface area contributed by atoms with Gasteiger partial charge in [-0.25, -0.2) is 4.98 Å². The van der Waals surface area contributed by atoms with Gasteiger partial charge in [0, 0.05) is 29.0 Å². The molecule has 0 aliphatic heterocycles. The lowest BCUT2D eigenvalue weighted by Gasteiger charge is -2.30. The fraction of sp³-hybridized carbons (Fsp3) is 0.381. The van der Waals surface area contributed by atoms with Gasteiger partial charge in [0.05, 0.1) is 30.5 Å². The number of halogens is 1. The SMILES string of the molecule is CCCN(c1nc(-c2ccc(OC)cc2Cl)c(C)s1)C(COC)c1cccs1. The van der Waals surface area contributed by atoms with Crippen LogP contribution in [0.1, 0.15) is 29.1 Å². The van der Waals surface area contributed by atoms with Gasteiger partial charge < -0.3 is 14.4 Å². The molecule has 1 aromatic carbocycles. The van der Waals surface area contributed by atoms with Crippen LogP contribution >= 0.6 is 34.3 Å². The summed E-state index contributed by atoms with van der Waals surface area (Å²) in [5, 5.41) is 3.75. The van der Waals surface area contributed by atoms with Gasteiger partial charge >= 0.3 is 0 Å². The first kappa shape index (κ1) is 21.1. The third-order valence-corrected chi connectivity index (χ3v) is 6.79. The summed E-state index contributed by atoms with van der Waals surface area (Å²) < 4.78 is 10.8. The Morgan fingerprint density at radius 3 is 2.68 bits per heavy atom. The van der Waals surface area contributed by atoms with Crippen molar-refractivity contribution in [1.82, 2.24) is 4.98 Å². The lowest BCUT2D eigenvalue weighted by Crippen LogP contribution is -2.31. The molecule has 2 aromatic heterocycles. The summed E-state index contributed by atoms with van der Waals surface area (Å²) in [7, 11) is 3.39. The highest BCUT2D eigenvalue weighted by Crippen LogP contribution is 2.40. The number of methoxy groups -OCH3 is 2. The number of thiazole rings is 1. The number of hydrogen-bond donors (Lipinski definition) is 0. The van der Waals surface area contributed by atoms with Crippen LogP contribution in [0.3, 0.4) is 0 Å². The van der Waals surface area contributed by atoms with Crippen molar-refractivity contribution in [3.8, 4) is 17.0 Å². The van der Waals surface area contributed by atoms with E-state index in [-0.39, 0.29) is 6.04 Å². The van der Waals surface area contributed by atoms with Crippen molar-refractivity contribution in [3.05, 3.63) is 50.5 Å². The molecule has 2 heterocycles. The molecule has 3 rings (SSSR count). The van der Waals surface area contributed by atoms with Gasteiger partial charge in [0.1, 0.15) is 5.75 Å². The number of thiophene rings is 1. The van der Waals surface area contributed by atoms with Gasteiger partial charge in [-0.3, -0.25) is 0 Å². The first-order chi connectivity index (χ1) is 13.6. The molecule has 7 heteroatoms. The Balaban J connectivity index is 2.00. The van der Waals surface area contributed by atoms with Gasteiger partial charge in [0.25, 0.3) is 0 Å². The largest absolute Gasteiger partial charge is 0.497 e. The highest BCUT2D eigenvalue weighted by Gasteiger charge is 2.25. The number of anilines is 1. The Morgan fingerprint density at radius 1 is 1.25 bits per heavy atom. The Labute approximate surface area is 179 Å². The first-order valence-electron chi connectivity index (χ1n) is 9.19. The molecule has 150 valence electrons. The minimum absolute atomic E-state index is 0.148. The lowest BCUT2D eigenvalue weighted by molar-refractivity contribution is 0.178. The number of hydrogen-bond acceptors (Lipinski definition) is 6. The van der Waals surface area contributed by atoms with Crippen molar-refractivity contribution in [2.24, 2.45) is 0 Å². The Bertz CT molecular complexity index is 896. The number of rotatable bonds is 9. The van der Waals surface area contributed by atoms with E-state index in [9.17, 15) is 0 Å². The van der Waals surface area contributed by atoms with E-state index in [1.54, 1.807) is 36.9 Å². The Morgan fingerprint density at radius 2 is 2.07 bits per heavy atom. The van der Waals surface area contributed by atoms with Gasteiger partial charge in [-0.2, -0.15) is 0 Å². The average Bonchev–Trinajstić information content (AvgIpc) is 3.34. The summed E-state index contributed by atoms with van der Waals surface area (Å²) in [6, 6.07) is 10.1. The van der Waals surface area contributed by atoms with E-state index < -0.39 is 0 Å². The zero-order valence-electron chi connectivity index (χ0n) is 16.6. The van der Waals surface area contributed by atoms with Crippen LogP contribution in [0.25, 0.3) is 11.3 Å². The highest BCUT2D eigenvalue weighted by atomic mass is 35.5. The molecule has 3 aromatic rings. The summed E-state index contributed by atoms with van der Waals surface area (Å²) in [4.78, 5) is 9.78. The molecule has 28 heavy (non-hydrogen) atoms. The fourth-order valence-electron chi connectivity index (χ4n) is 3.16. The molecule has 0 amide bonds. The second-order valence-corrected chi connectivity index (χ2v) is 9.00. The molecular weight excluding hydrogens is 412 g/mol. The molecule has 0 aliphatic carbocycles. The van der Waals surface area contributed by atoms with Crippen LogP contribution in [0, 0.1) is 6.92 Å². The molecule has 0 saturated carbocycles. The van der Waals surface area contributed by atoms with Crippen LogP contribution in [0.4, 0.5) is 5.13 Å². The van der Waals surface area contributed by atoms with E-state index in [1.165, 1.54) is 4.88 Å². The molecule has 0 saturated heterocycles. The topological polar surface area (TPSA) is 34.6 Å². The third-order valence-electron chi connectivity index (χ3n) is 4.50. The second kappa shape index (κ2) is 9.74. The monoisotopic (exact) mass is 436 g/mol. The first-order valence-corrected chi connectivity index (χ1v) is 11.3. The Hall–Kier alpha value is -1.60. The molecular formula is C21H25ClN2O2S2. The van der Waals surface area contributed by atoms with Crippen molar-refractivity contribution < 1.29 is 9.47 Å². The van der Waals surface area contributed by atoms with Crippen molar-refractivity contribution in [2.45, 2.75) is 26.3 Å². The van der Waals surface area contributed by atoms with Crippen molar-refractivity contribution in [2.75, 3.05) is 32.3 Å². The normalized spacial score (nSPS) is 12.2. The maximum atomic E-state index is 6.51. The zero-order valence-corrected chi connectivity index (χ0v) is 19.0. The number of aryl methyl sites for hydroxylation is 1. The highest BCUT2D eigenvalue weighted by molar-refractivity contribution is 7.16. The van der Waals surface area contributed by atoms with Crippen LogP contribution in [0.5, 0.6) is 5.75 Å². The van der Waals surface area contributed by atoms with Gasteiger partial charge in [-0.15, -0.1) is 22.7 Å². The fourth-order valence-corrected chi connectivity index (χ4v) is 5.24. The van der Waals surface area contributed by atoms with E-state index >= 15 is 0 Å². The van der Waals surface area contributed by atoms with E-state index in [4.69, 9.17) is 26.1 Å². The molecule has 0 radical (unpaired) electrons. The number of nitrogens with zero attached hydrogens (tertiary/aromatic N) is 2. The molecule has 0 fully saturated rings. The van der Waals surface area contributed by atoms with E-state index in [0.29, 0.717) is 11.6 Å². The number of ether oxygens (including phenoxy) is 2. The summed E-state index contributed by atoms with van der Waals surface area (Å²) >= 11 is 9.97. The summed E-state index contributed by atoms with van der Waals surface area (Å²) in [5.74, 6) is 0.743. The van der Waals surface area contributed by atoms with Crippen LogP contribution < -0.4 is 9.64 Å². The minimum Gasteiger partial charge on any atom is -0.497 e. The van der Waals surface area contributed by atoms with Crippen LogP contribution in [-0.4, -0.2) is 32.4 Å². The van der Waals surface area contributed by atoms with Crippen molar-refractivity contribution >= 4 is 39.4 Å². The summed E-state index contributed by atoms with van der Waals surface area (Å²) in [6.07, 6.45) is 1.03. The van der Waals surface area contributed by atoms with E-state index in [1.807, 2.05) is 18.2 Å². The predicted molar refractivity (Wildman–Crippen MR) is 120 cm³/mol. The molecule has 0 bridgehead atoms. The van der Waals surface area contributed by atoms with E-state index in [2.05, 4.69) is 36.3 Å². The molecule has 4 nitrogen and oxygen atoms in total. The quantitative estimate of drug-likeness (QED) is 0.386. The Kier molecular flexibility index (Phi) is 7.35. The maximum Gasteiger partial charge on any atom is 0.186 e. The van der Waals surface area contributed by atoms with Gasteiger partial charge in [0.15, 0.2) is 5.13 Å². The second-order valence-electron chi connectivity index (χ2n) is 6.43. The van der Waals surface area contributed by atoms with Gasteiger partial charge in [-0.1, -0.05) is 24.6 Å².